The van der Waals surface area contributed by atoms with Crippen LogP contribution in [0.15, 0.2) is 0 Å². The molecule has 1 atom stereocenters. The van der Waals surface area contributed by atoms with Crippen LogP contribution in [0.4, 0.5) is 0 Å². The summed E-state index contributed by atoms with van der Waals surface area (Å²) in [6.07, 6.45) is 2.62. The van der Waals surface area contributed by atoms with Crippen LogP contribution in [0.1, 0.15) is 26.7 Å². The first-order valence-electron chi connectivity index (χ1n) is 6.03. The first-order valence-corrected chi connectivity index (χ1v) is 6.03. The van der Waals surface area contributed by atoms with Gasteiger partial charge in [-0.25, -0.2) is 0 Å². The van der Waals surface area contributed by atoms with E-state index in [1.54, 1.807) is 0 Å². The van der Waals surface area contributed by atoms with Crippen molar-refractivity contribution in [1.82, 2.24) is 10.2 Å². The Balaban J connectivity index is 2.02. The molecule has 0 aromatic heterocycles. The second-order valence-electron chi connectivity index (χ2n) is 5.70. The number of rotatable bonds is 6. The van der Waals surface area contributed by atoms with Gasteiger partial charge >= 0.3 is 0 Å². The molecule has 0 amide bonds. The third-order valence-electron chi connectivity index (χ3n) is 3.25. The lowest BCUT2D eigenvalue weighted by Gasteiger charge is -2.22. The molecule has 0 spiro atoms. The minimum Gasteiger partial charge on any atom is -0.396 e. The molecule has 1 aliphatic heterocycles. The molecule has 0 aliphatic carbocycles. The van der Waals surface area contributed by atoms with Crippen molar-refractivity contribution in [3.63, 3.8) is 0 Å². The van der Waals surface area contributed by atoms with Crippen LogP contribution in [-0.2, 0) is 0 Å². The summed E-state index contributed by atoms with van der Waals surface area (Å²) in [6.45, 7) is 8.94. The molecule has 0 bridgehead atoms. The number of likely N-dealkylation sites (tertiary alicyclic amines) is 1. The summed E-state index contributed by atoms with van der Waals surface area (Å²) in [5, 5.41) is 12.5. The van der Waals surface area contributed by atoms with Crippen LogP contribution in [0.2, 0.25) is 0 Å². The molecule has 0 saturated carbocycles. The van der Waals surface area contributed by atoms with E-state index < -0.39 is 0 Å². The van der Waals surface area contributed by atoms with E-state index in [0.717, 1.165) is 19.0 Å². The van der Waals surface area contributed by atoms with Gasteiger partial charge in [-0.2, -0.15) is 0 Å². The molecule has 2 N–H and O–H groups in total. The number of hydrogen-bond acceptors (Lipinski definition) is 3. The van der Waals surface area contributed by atoms with Crippen LogP contribution in [0.3, 0.4) is 0 Å². The monoisotopic (exact) mass is 214 g/mol. The summed E-state index contributed by atoms with van der Waals surface area (Å²) in [4.78, 5) is 2.41. The van der Waals surface area contributed by atoms with Gasteiger partial charge in [-0.3, -0.25) is 0 Å². The Morgan fingerprint density at radius 3 is 2.73 bits per heavy atom. The van der Waals surface area contributed by atoms with Crippen LogP contribution >= 0.6 is 0 Å². The highest BCUT2D eigenvalue weighted by atomic mass is 16.3. The predicted molar refractivity (Wildman–Crippen MR) is 64.0 cm³/mol. The molecule has 1 unspecified atom stereocenters. The van der Waals surface area contributed by atoms with Crippen molar-refractivity contribution < 1.29 is 5.11 Å². The van der Waals surface area contributed by atoms with Crippen molar-refractivity contribution in [2.75, 3.05) is 39.8 Å². The molecule has 0 radical (unpaired) electrons. The Bertz CT molecular complexity index is 182. The molecule has 0 aromatic carbocycles. The van der Waals surface area contributed by atoms with E-state index in [-0.39, 0.29) is 12.0 Å². The minimum absolute atomic E-state index is 0.0203. The van der Waals surface area contributed by atoms with Gasteiger partial charge in [0.25, 0.3) is 0 Å². The SMILES string of the molecule is CN1CCC(CCNCC(C)(C)CO)C1. The van der Waals surface area contributed by atoms with E-state index in [2.05, 4.69) is 31.1 Å². The van der Waals surface area contributed by atoms with Crippen LogP contribution in [0, 0.1) is 11.3 Å². The molecular formula is C12H26N2O. The van der Waals surface area contributed by atoms with Gasteiger partial charge in [0.1, 0.15) is 0 Å². The maximum Gasteiger partial charge on any atom is 0.0494 e. The zero-order chi connectivity index (χ0) is 11.3. The lowest BCUT2D eigenvalue weighted by atomic mass is 9.95. The van der Waals surface area contributed by atoms with Crippen molar-refractivity contribution >= 4 is 0 Å². The molecule has 1 saturated heterocycles. The second-order valence-corrected chi connectivity index (χ2v) is 5.70. The Kier molecular flexibility index (Phi) is 5.03. The molecular weight excluding hydrogens is 188 g/mol. The summed E-state index contributed by atoms with van der Waals surface area (Å²) in [5.74, 6) is 0.875. The summed E-state index contributed by atoms with van der Waals surface area (Å²) in [5.41, 5.74) is 0.0203. The fraction of sp³-hybridized carbons (Fsp3) is 1.00. The van der Waals surface area contributed by atoms with Gasteiger partial charge in [0, 0.05) is 25.1 Å². The van der Waals surface area contributed by atoms with Crippen molar-refractivity contribution in [2.24, 2.45) is 11.3 Å². The molecule has 90 valence electrons. The average Bonchev–Trinajstić information content (AvgIpc) is 2.59. The van der Waals surface area contributed by atoms with Gasteiger partial charge in [-0.05, 0) is 38.9 Å². The topological polar surface area (TPSA) is 35.5 Å². The Hall–Kier alpha value is -0.120. The van der Waals surface area contributed by atoms with Gasteiger partial charge in [-0.1, -0.05) is 13.8 Å². The lowest BCUT2D eigenvalue weighted by Crippen LogP contribution is -2.33. The normalized spacial score (nSPS) is 23.6. The van der Waals surface area contributed by atoms with E-state index in [1.165, 1.54) is 25.9 Å². The Labute approximate surface area is 93.9 Å². The number of nitrogens with one attached hydrogen (secondary N) is 1. The van der Waals surface area contributed by atoms with Crippen molar-refractivity contribution in [2.45, 2.75) is 26.7 Å². The molecule has 15 heavy (non-hydrogen) atoms. The van der Waals surface area contributed by atoms with Gasteiger partial charge in [0.2, 0.25) is 0 Å². The second kappa shape index (κ2) is 5.83. The van der Waals surface area contributed by atoms with Crippen LogP contribution in [0.25, 0.3) is 0 Å². The van der Waals surface area contributed by atoms with E-state index in [9.17, 15) is 0 Å². The molecule has 1 fully saturated rings. The Morgan fingerprint density at radius 1 is 1.47 bits per heavy atom. The minimum atomic E-state index is 0.0203. The van der Waals surface area contributed by atoms with Crippen LogP contribution in [-0.4, -0.2) is 49.8 Å². The van der Waals surface area contributed by atoms with Gasteiger partial charge in [0.15, 0.2) is 0 Å². The highest BCUT2D eigenvalue weighted by Crippen LogP contribution is 2.17. The maximum atomic E-state index is 9.09. The zero-order valence-electron chi connectivity index (χ0n) is 10.4. The Morgan fingerprint density at radius 2 is 2.20 bits per heavy atom. The fourth-order valence-corrected chi connectivity index (χ4v) is 2.05. The number of aliphatic hydroxyl groups excluding tert-OH is 1. The predicted octanol–water partition coefficient (Wildman–Crippen LogP) is 0.936. The number of hydrogen-bond donors (Lipinski definition) is 2. The van der Waals surface area contributed by atoms with Gasteiger partial charge < -0.3 is 15.3 Å². The summed E-state index contributed by atoms with van der Waals surface area (Å²) in [7, 11) is 2.20. The van der Waals surface area contributed by atoms with Crippen molar-refractivity contribution in [1.29, 1.82) is 0 Å². The zero-order valence-corrected chi connectivity index (χ0v) is 10.4. The molecule has 1 rings (SSSR count). The third-order valence-corrected chi connectivity index (χ3v) is 3.25. The molecule has 3 heteroatoms. The van der Waals surface area contributed by atoms with Crippen molar-refractivity contribution in [3.05, 3.63) is 0 Å². The third kappa shape index (κ3) is 4.96. The largest absolute Gasteiger partial charge is 0.396 e. The quantitative estimate of drug-likeness (QED) is 0.646. The standard InChI is InChI=1S/C12H26N2O/c1-12(2,10-15)9-13-6-4-11-5-7-14(3)8-11/h11,13,15H,4-10H2,1-3H3. The molecule has 1 aliphatic rings. The van der Waals surface area contributed by atoms with Gasteiger partial charge in [-0.15, -0.1) is 0 Å². The summed E-state index contributed by atoms with van der Waals surface area (Å²) >= 11 is 0. The van der Waals surface area contributed by atoms with Gasteiger partial charge in [0.05, 0.1) is 0 Å². The van der Waals surface area contributed by atoms with Crippen LogP contribution < -0.4 is 5.32 Å². The van der Waals surface area contributed by atoms with Crippen LogP contribution in [0.5, 0.6) is 0 Å². The number of aliphatic hydroxyl groups is 1. The lowest BCUT2D eigenvalue weighted by molar-refractivity contribution is 0.156. The molecule has 1 heterocycles. The van der Waals surface area contributed by atoms with E-state index in [4.69, 9.17) is 5.11 Å². The highest BCUT2D eigenvalue weighted by molar-refractivity contribution is 4.75. The first-order chi connectivity index (χ1) is 7.03. The average molecular weight is 214 g/mol. The maximum absolute atomic E-state index is 9.09. The summed E-state index contributed by atoms with van der Waals surface area (Å²) < 4.78 is 0. The highest BCUT2D eigenvalue weighted by Gasteiger charge is 2.19. The summed E-state index contributed by atoms with van der Waals surface area (Å²) in [6, 6.07) is 0. The van der Waals surface area contributed by atoms with E-state index >= 15 is 0 Å². The molecule has 0 aromatic rings. The van der Waals surface area contributed by atoms with E-state index in [0.29, 0.717) is 0 Å². The number of nitrogens with zero attached hydrogens (tertiary/aromatic N) is 1. The smallest absolute Gasteiger partial charge is 0.0494 e. The molecule has 3 nitrogen and oxygen atoms in total. The first kappa shape index (κ1) is 12.9. The van der Waals surface area contributed by atoms with Crippen molar-refractivity contribution in [3.8, 4) is 0 Å². The van der Waals surface area contributed by atoms with E-state index in [1.807, 2.05) is 0 Å². The fourth-order valence-electron chi connectivity index (χ4n) is 2.05.